The minimum atomic E-state index is -0.532. The smallest absolute Gasteiger partial charge is 0.323 e. The number of phenolic OH excluding ortho intramolecular Hbond substituents is 1. The fourth-order valence-electron chi connectivity index (χ4n) is 7.82. The van der Waals surface area contributed by atoms with Crippen LogP contribution in [0.2, 0.25) is 0 Å². The van der Waals surface area contributed by atoms with Gasteiger partial charge in [0.25, 0.3) is 0 Å². The van der Waals surface area contributed by atoms with E-state index in [0.717, 1.165) is 50.3 Å². The number of nitrogens with zero attached hydrogens (tertiary/aromatic N) is 1. The quantitative estimate of drug-likeness (QED) is 0.600. The molecule has 35 heavy (non-hydrogen) atoms. The molecule has 1 aromatic carbocycles. The second-order valence-electron chi connectivity index (χ2n) is 12.5. The molecule has 192 valence electrons. The van der Waals surface area contributed by atoms with Crippen molar-refractivity contribution in [2.45, 2.75) is 107 Å². The van der Waals surface area contributed by atoms with E-state index in [1.54, 1.807) is 6.07 Å². The molecule has 6 atom stereocenters. The molecule has 2 saturated carbocycles. The number of piperidine rings is 1. The predicted octanol–water partition coefficient (Wildman–Crippen LogP) is 3.30. The zero-order chi connectivity index (χ0) is 24.8. The lowest BCUT2D eigenvalue weighted by Gasteiger charge is -2.65. The van der Waals surface area contributed by atoms with Gasteiger partial charge < -0.3 is 19.3 Å². The van der Waals surface area contributed by atoms with Crippen molar-refractivity contribution in [3.8, 4) is 11.5 Å². The lowest BCUT2D eigenvalue weighted by atomic mass is 9.48. The van der Waals surface area contributed by atoms with Crippen molar-refractivity contribution in [3.05, 3.63) is 23.3 Å². The molecule has 2 N–H and O–H groups in total. The van der Waals surface area contributed by atoms with E-state index in [1.165, 1.54) is 18.4 Å². The molecule has 0 amide bonds. The Hall–Kier alpha value is -1.83. The molecule has 1 saturated heterocycles. The average molecular weight is 485 g/mol. The van der Waals surface area contributed by atoms with Crippen molar-refractivity contribution in [2.24, 2.45) is 5.92 Å². The first-order valence-electron chi connectivity index (χ1n) is 13.4. The van der Waals surface area contributed by atoms with Gasteiger partial charge in [-0.2, -0.15) is 0 Å². The van der Waals surface area contributed by atoms with Gasteiger partial charge in [0.15, 0.2) is 11.5 Å². The average Bonchev–Trinajstić information content (AvgIpc) is 3.54. The van der Waals surface area contributed by atoms with Gasteiger partial charge in [-0.05, 0) is 90.3 Å². The Morgan fingerprint density at radius 3 is 2.74 bits per heavy atom. The summed E-state index contributed by atoms with van der Waals surface area (Å²) < 4.78 is 19.0. The summed E-state index contributed by atoms with van der Waals surface area (Å²) in [5.41, 5.74) is 1.18. The third kappa shape index (κ3) is 3.37. The van der Waals surface area contributed by atoms with Crippen molar-refractivity contribution >= 4 is 5.97 Å². The van der Waals surface area contributed by atoms with E-state index < -0.39 is 11.6 Å². The summed E-state index contributed by atoms with van der Waals surface area (Å²) in [4.78, 5) is 15.5. The minimum Gasteiger partial charge on any atom is -0.504 e. The van der Waals surface area contributed by atoms with Crippen molar-refractivity contribution in [2.75, 3.05) is 20.2 Å². The van der Waals surface area contributed by atoms with Gasteiger partial charge in [0, 0.05) is 31.3 Å². The number of carbonyl (C=O) groups excluding carboxylic acids is 1. The number of esters is 1. The Bertz CT molecular complexity index is 1030. The maximum atomic E-state index is 12.8. The van der Waals surface area contributed by atoms with E-state index >= 15 is 0 Å². The SMILES string of the molecule is CO[C@@]12CC[C@@H](N[C@@H](C)C(=O)OC(C)(C)C)[C@@H]3Oc4c(O)ccc5c4[C@@]31CCN(CC1CC1)[C@@H]2C5. The topological polar surface area (TPSA) is 80.3 Å². The fraction of sp³-hybridized carbons (Fsp3) is 0.750. The Balaban J connectivity index is 1.39. The van der Waals surface area contributed by atoms with Crippen molar-refractivity contribution in [3.63, 3.8) is 0 Å². The van der Waals surface area contributed by atoms with E-state index in [4.69, 9.17) is 14.2 Å². The summed E-state index contributed by atoms with van der Waals surface area (Å²) in [6.45, 7) is 9.70. The maximum absolute atomic E-state index is 12.8. The molecular weight excluding hydrogens is 444 g/mol. The highest BCUT2D eigenvalue weighted by Gasteiger charge is 2.73. The summed E-state index contributed by atoms with van der Waals surface area (Å²) in [6.07, 6.45) is 6.04. The normalized spacial score (nSPS) is 36.3. The van der Waals surface area contributed by atoms with Crippen LogP contribution in [-0.2, 0) is 26.1 Å². The van der Waals surface area contributed by atoms with Crippen molar-refractivity contribution in [1.82, 2.24) is 10.2 Å². The number of likely N-dealkylation sites (tertiary alicyclic amines) is 1. The number of benzene rings is 1. The van der Waals surface area contributed by atoms with Crippen LogP contribution in [0.1, 0.15) is 70.9 Å². The molecule has 0 unspecified atom stereocenters. The first-order valence-corrected chi connectivity index (χ1v) is 13.4. The van der Waals surface area contributed by atoms with Crippen LogP contribution in [-0.4, -0.2) is 71.6 Å². The Kier molecular flexibility index (Phi) is 5.27. The Labute approximate surface area is 208 Å². The minimum absolute atomic E-state index is 0.0471. The van der Waals surface area contributed by atoms with Gasteiger partial charge in [-0.15, -0.1) is 0 Å². The van der Waals surface area contributed by atoms with Gasteiger partial charge in [0.05, 0.1) is 11.0 Å². The molecule has 1 spiro atoms. The number of rotatable bonds is 6. The molecule has 0 radical (unpaired) electrons. The molecule has 2 heterocycles. The van der Waals surface area contributed by atoms with Crippen LogP contribution in [0.3, 0.4) is 0 Å². The van der Waals surface area contributed by atoms with E-state index in [1.807, 2.05) is 34.8 Å². The number of carbonyl (C=O) groups is 1. The number of aromatic hydroxyl groups is 1. The van der Waals surface area contributed by atoms with E-state index in [-0.39, 0.29) is 34.9 Å². The molecule has 2 aliphatic heterocycles. The Morgan fingerprint density at radius 2 is 2.06 bits per heavy atom. The van der Waals surface area contributed by atoms with Crippen molar-refractivity contribution < 1.29 is 24.1 Å². The zero-order valence-corrected chi connectivity index (χ0v) is 21.7. The first kappa shape index (κ1) is 23.6. The fourth-order valence-corrected chi connectivity index (χ4v) is 7.82. The highest BCUT2D eigenvalue weighted by molar-refractivity contribution is 5.75. The zero-order valence-electron chi connectivity index (χ0n) is 21.7. The van der Waals surface area contributed by atoms with Crippen LogP contribution in [0.5, 0.6) is 11.5 Å². The van der Waals surface area contributed by atoms with Crippen LogP contribution < -0.4 is 10.1 Å². The number of hydrogen-bond donors (Lipinski definition) is 2. The predicted molar refractivity (Wildman–Crippen MR) is 132 cm³/mol. The number of phenols is 1. The summed E-state index contributed by atoms with van der Waals surface area (Å²) in [5.74, 6) is 1.40. The molecule has 7 heteroatoms. The molecule has 0 aromatic heterocycles. The third-order valence-corrected chi connectivity index (χ3v) is 9.31. The van der Waals surface area contributed by atoms with Crippen LogP contribution in [0.15, 0.2) is 12.1 Å². The van der Waals surface area contributed by atoms with Crippen LogP contribution in [0.4, 0.5) is 0 Å². The maximum Gasteiger partial charge on any atom is 0.323 e. The standard InChI is InChI=1S/C28H40N2O5/c1-16(25(32)35-26(2,3)4)29-19-10-11-28(33-5)21-14-18-8-9-20(31)23-22(18)27(28,24(19)34-23)12-13-30(21)15-17-6-7-17/h8-9,16-17,19,21,24,29,31H,6-7,10-15H2,1-5H3/t16-,19+,21+,24-,27-,28+/m0/s1. The van der Waals surface area contributed by atoms with Gasteiger partial charge >= 0.3 is 5.97 Å². The largest absolute Gasteiger partial charge is 0.504 e. The van der Waals surface area contributed by atoms with Crippen molar-refractivity contribution in [1.29, 1.82) is 0 Å². The van der Waals surface area contributed by atoms with Gasteiger partial charge in [0.1, 0.15) is 17.7 Å². The molecule has 1 aromatic rings. The van der Waals surface area contributed by atoms with Gasteiger partial charge in [-0.25, -0.2) is 0 Å². The second kappa shape index (κ2) is 7.83. The third-order valence-electron chi connectivity index (χ3n) is 9.31. The van der Waals surface area contributed by atoms with E-state index in [2.05, 4.69) is 16.3 Å². The van der Waals surface area contributed by atoms with Crippen LogP contribution in [0, 0.1) is 5.92 Å². The van der Waals surface area contributed by atoms with Crippen LogP contribution >= 0.6 is 0 Å². The number of ether oxygens (including phenoxy) is 3. The monoisotopic (exact) mass is 484 g/mol. The molecule has 7 nitrogen and oxygen atoms in total. The lowest BCUT2D eigenvalue weighted by molar-refractivity contribution is -0.208. The molecule has 3 fully saturated rings. The molecule has 3 aliphatic carbocycles. The number of nitrogens with one attached hydrogen (secondary N) is 1. The molecule has 5 aliphatic rings. The van der Waals surface area contributed by atoms with E-state index in [9.17, 15) is 9.90 Å². The highest BCUT2D eigenvalue weighted by atomic mass is 16.6. The molecule has 6 rings (SSSR count). The number of methoxy groups -OCH3 is 1. The summed E-state index contributed by atoms with van der Waals surface area (Å²) >= 11 is 0. The van der Waals surface area contributed by atoms with Gasteiger partial charge in [-0.1, -0.05) is 6.07 Å². The van der Waals surface area contributed by atoms with Gasteiger partial charge in [-0.3, -0.25) is 15.0 Å². The number of hydrogen-bond acceptors (Lipinski definition) is 7. The molecule has 2 bridgehead atoms. The first-order chi connectivity index (χ1) is 16.6. The van der Waals surface area contributed by atoms with Gasteiger partial charge in [0.2, 0.25) is 0 Å². The summed E-state index contributed by atoms with van der Waals surface area (Å²) in [7, 11) is 1.87. The summed E-state index contributed by atoms with van der Waals surface area (Å²) in [5, 5.41) is 14.4. The highest BCUT2D eigenvalue weighted by Crippen LogP contribution is 2.66. The van der Waals surface area contributed by atoms with E-state index in [0.29, 0.717) is 11.8 Å². The van der Waals surface area contributed by atoms with Crippen LogP contribution in [0.25, 0.3) is 0 Å². The summed E-state index contributed by atoms with van der Waals surface area (Å²) in [6, 6.07) is 3.67. The second-order valence-corrected chi connectivity index (χ2v) is 12.5. The Morgan fingerprint density at radius 1 is 1.29 bits per heavy atom. The molecular formula is C28H40N2O5. The lowest BCUT2D eigenvalue weighted by Crippen LogP contribution is -2.79.